The zero-order chi connectivity index (χ0) is 24.7. The smallest absolute Gasteiger partial charge is 0.224 e. The van der Waals surface area contributed by atoms with Gasteiger partial charge in [0.05, 0.1) is 10.6 Å². The van der Waals surface area contributed by atoms with Crippen molar-refractivity contribution < 1.29 is 22.7 Å². The van der Waals surface area contributed by atoms with Gasteiger partial charge in [-0.1, -0.05) is 30.3 Å². The topological polar surface area (TPSA) is 95.3 Å². The van der Waals surface area contributed by atoms with Crippen LogP contribution in [0, 0.1) is 27.7 Å². The molecule has 1 unspecified atom stereocenters. The first-order valence-corrected chi connectivity index (χ1v) is 12.4. The first kappa shape index (κ1) is 24.4. The highest BCUT2D eigenvalue weighted by Gasteiger charge is 2.29. The summed E-state index contributed by atoms with van der Waals surface area (Å²) in [5.41, 5.74) is 3.21. The number of benzene rings is 2. The van der Waals surface area contributed by atoms with Gasteiger partial charge in [0.15, 0.2) is 15.9 Å². The monoisotopic (exact) mass is 468 g/mol. The molecule has 0 bridgehead atoms. The predicted molar refractivity (Wildman–Crippen MR) is 126 cm³/mol. The first-order chi connectivity index (χ1) is 15.3. The van der Waals surface area contributed by atoms with Gasteiger partial charge in [0.25, 0.3) is 0 Å². The van der Waals surface area contributed by atoms with E-state index in [4.69, 9.17) is 4.74 Å². The Hall–Kier alpha value is -3.26. The van der Waals surface area contributed by atoms with Crippen molar-refractivity contribution in [3.8, 4) is 5.88 Å². The van der Waals surface area contributed by atoms with Crippen molar-refractivity contribution in [3.05, 3.63) is 75.5 Å². The van der Waals surface area contributed by atoms with Gasteiger partial charge in [-0.15, -0.1) is 0 Å². The molecule has 0 fully saturated rings. The average Bonchev–Trinajstić information content (AvgIpc) is 3.02. The van der Waals surface area contributed by atoms with Crippen molar-refractivity contribution in [3.63, 3.8) is 0 Å². The number of ether oxygens (including phenoxy) is 1. The lowest BCUT2D eigenvalue weighted by Crippen LogP contribution is -2.25. The Morgan fingerprint density at radius 1 is 1.03 bits per heavy atom. The van der Waals surface area contributed by atoms with E-state index in [1.165, 1.54) is 4.68 Å². The molecule has 1 heterocycles. The van der Waals surface area contributed by atoms with Gasteiger partial charge in [0.1, 0.15) is 5.56 Å². The molecule has 1 aromatic heterocycles. The Labute approximate surface area is 194 Å². The second kappa shape index (κ2) is 8.94. The number of rotatable bonds is 7. The second-order valence-corrected chi connectivity index (χ2v) is 10.3. The molecule has 174 valence electrons. The molecule has 7 nitrogen and oxygen atoms in total. The normalized spacial score (nSPS) is 12.5. The fourth-order valence-corrected chi connectivity index (χ4v) is 5.44. The number of hydrogen-bond donors (Lipinski definition) is 0. The Morgan fingerprint density at radius 3 is 2.21 bits per heavy atom. The molecule has 0 aliphatic carbocycles. The van der Waals surface area contributed by atoms with Crippen LogP contribution in [0.3, 0.4) is 0 Å². The van der Waals surface area contributed by atoms with E-state index in [0.29, 0.717) is 33.5 Å². The van der Waals surface area contributed by atoms with Gasteiger partial charge in [-0.05, 0) is 57.4 Å². The Kier molecular flexibility index (Phi) is 6.61. The second-order valence-electron chi connectivity index (χ2n) is 8.30. The number of carbonyl (C=O) groups excluding carboxylic acids is 2. The first-order valence-electron chi connectivity index (χ1n) is 10.5. The maximum Gasteiger partial charge on any atom is 0.224 e. The van der Waals surface area contributed by atoms with Crippen molar-refractivity contribution in [2.45, 2.75) is 45.6 Å². The summed E-state index contributed by atoms with van der Waals surface area (Å²) in [6, 6.07) is 10.4. The number of hydrogen-bond acceptors (Lipinski definition) is 6. The summed E-state index contributed by atoms with van der Waals surface area (Å²) in [5, 5.41) is 4.34. The molecular weight excluding hydrogens is 440 g/mol. The number of aromatic nitrogens is 2. The van der Waals surface area contributed by atoms with Gasteiger partial charge in [-0.25, -0.2) is 13.1 Å². The summed E-state index contributed by atoms with van der Waals surface area (Å²) in [7, 11) is -1.80. The molecule has 8 heteroatoms. The van der Waals surface area contributed by atoms with Crippen LogP contribution in [-0.2, 0) is 16.9 Å². The number of sulfone groups is 1. The third-order valence-corrected chi connectivity index (χ3v) is 7.12. The van der Waals surface area contributed by atoms with Gasteiger partial charge in [0.2, 0.25) is 17.4 Å². The van der Waals surface area contributed by atoms with E-state index >= 15 is 0 Å². The molecule has 0 amide bonds. The number of carbonyl (C=O) groups is 2. The number of ketones is 2. The van der Waals surface area contributed by atoms with Crippen LogP contribution in [0.25, 0.3) is 0 Å². The van der Waals surface area contributed by atoms with E-state index in [-0.39, 0.29) is 27.9 Å². The van der Waals surface area contributed by atoms with Gasteiger partial charge in [-0.2, -0.15) is 5.10 Å². The fraction of sp³-hybridized carbons (Fsp3) is 0.320. The minimum absolute atomic E-state index is 0.191. The van der Waals surface area contributed by atoms with E-state index in [1.807, 2.05) is 6.07 Å². The number of aryl methyl sites for hydroxylation is 3. The molecule has 3 aromatic rings. The highest BCUT2D eigenvalue weighted by atomic mass is 32.2. The lowest BCUT2D eigenvalue weighted by molar-refractivity contribution is 0.0798. The molecule has 2 aromatic carbocycles. The highest BCUT2D eigenvalue weighted by molar-refractivity contribution is 7.90. The van der Waals surface area contributed by atoms with Crippen LogP contribution in [0.2, 0.25) is 0 Å². The summed E-state index contributed by atoms with van der Waals surface area (Å²) in [6.07, 6.45) is 0.317. The van der Waals surface area contributed by atoms with Gasteiger partial charge >= 0.3 is 0 Å². The van der Waals surface area contributed by atoms with E-state index < -0.39 is 15.9 Å². The van der Waals surface area contributed by atoms with E-state index in [1.54, 1.807) is 72.0 Å². The average molecular weight is 469 g/mol. The lowest BCUT2D eigenvalue weighted by Gasteiger charge is -2.17. The molecule has 3 rings (SSSR count). The molecule has 0 N–H and O–H groups in total. The summed E-state index contributed by atoms with van der Waals surface area (Å²) < 4.78 is 31.9. The summed E-state index contributed by atoms with van der Waals surface area (Å²) >= 11 is 0. The molecule has 1 atom stereocenters. The third kappa shape index (κ3) is 4.61. The molecule has 0 aliphatic rings. The molecular formula is C25H28N2O5S. The zero-order valence-electron chi connectivity index (χ0n) is 19.9. The molecule has 0 saturated carbocycles. The molecule has 0 aliphatic heterocycles. The number of Topliss-reactive ketones (excluding diaryl/α,β-unsaturated/α-hetero) is 1. The molecule has 0 saturated heterocycles. The molecule has 0 radical (unpaired) electrons. The van der Waals surface area contributed by atoms with Crippen LogP contribution in [-0.4, -0.2) is 42.1 Å². The predicted octanol–water partition coefficient (Wildman–Crippen LogP) is 3.94. The molecule has 33 heavy (non-hydrogen) atoms. The van der Waals surface area contributed by atoms with E-state index in [2.05, 4.69) is 5.10 Å². The minimum atomic E-state index is -3.45. The van der Waals surface area contributed by atoms with Crippen LogP contribution < -0.4 is 4.74 Å². The van der Waals surface area contributed by atoms with Crippen molar-refractivity contribution in [2.75, 3.05) is 6.26 Å². The van der Waals surface area contributed by atoms with Gasteiger partial charge in [0, 0.05) is 24.4 Å². The highest BCUT2D eigenvalue weighted by Crippen LogP contribution is 2.31. The maximum absolute atomic E-state index is 13.6. The quantitative estimate of drug-likeness (QED) is 0.488. The van der Waals surface area contributed by atoms with Crippen LogP contribution in [0.5, 0.6) is 5.88 Å². The Balaban J connectivity index is 2.05. The summed E-state index contributed by atoms with van der Waals surface area (Å²) in [5.74, 6) is -0.358. The summed E-state index contributed by atoms with van der Waals surface area (Å²) in [4.78, 5) is 26.7. The zero-order valence-corrected chi connectivity index (χ0v) is 20.7. The maximum atomic E-state index is 13.6. The largest absolute Gasteiger partial charge is 0.466 e. The van der Waals surface area contributed by atoms with E-state index in [9.17, 15) is 18.0 Å². The Bertz CT molecular complexity index is 1360. The number of nitrogens with zero attached hydrogens (tertiary/aromatic N) is 2. The third-order valence-electron chi connectivity index (χ3n) is 5.75. The SMILES string of the molecule is Cc1cc(C(=O)c2c(C)nn(C)c2OC(C)C(=O)c2ccccc2)c(C)c(C)c1S(C)(=O)=O. The lowest BCUT2D eigenvalue weighted by atomic mass is 9.94. The fourth-order valence-electron chi connectivity index (χ4n) is 4.09. The van der Waals surface area contributed by atoms with Crippen LogP contribution >= 0.6 is 0 Å². The standard InChI is InChI=1S/C25H28N2O5S/c1-14-13-20(15(2)16(3)24(14)33(7,30)31)23(29)21-17(4)26-27(6)25(21)32-18(5)22(28)19-11-9-8-10-12-19/h8-13,18H,1-7H3. The van der Waals surface area contributed by atoms with Crippen LogP contribution in [0.15, 0.2) is 41.3 Å². The summed E-state index contributed by atoms with van der Waals surface area (Å²) in [6.45, 7) is 8.43. The Morgan fingerprint density at radius 2 is 1.64 bits per heavy atom. The van der Waals surface area contributed by atoms with E-state index in [0.717, 1.165) is 6.26 Å². The van der Waals surface area contributed by atoms with Crippen molar-refractivity contribution >= 4 is 21.4 Å². The van der Waals surface area contributed by atoms with Gasteiger partial charge in [-0.3, -0.25) is 9.59 Å². The minimum Gasteiger partial charge on any atom is -0.466 e. The van der Waals surface area contributed by atoms with Crippen molar-refractivity contribution in [1.29, 1.82) is 0 Å². The van der Waals surface area contributed by atoms with Crippen LogP contribution in [0.1, 0.15) is 55.6 Å². The van der Waals surface area contributed by atoms with Crippen molar-refractivity contribution in [1.82, 2.24) is 9.78 Å². The van der Waals surface area contributed by atoms with Crippen LogP contribution in [0.4, 0.5) is 0 Å². The molecule has 0 spiro atoms. The van der Waals surface area contributed by atoms with Gasteiger partial charge < -0.3 is 4.74 Å². The van der Waals surface area contributed by atoms with Crippen molar-refractivity contribution in [2.24, 2.45) is 7.05 Å².